The van der Waals surface area contributed by atoms with Gasteiger partial charge in [0.1, 0.15) is 0 Å². The van der Waals surface area contributed by atoms with E-state index in [1.807, 2.05) is 0 Å². The van der Waals surface area contributed by atoms with Crippen LogP contribution in [0.2, 0.25) is 0 Å². The van der Waals surface area contributed by atoms with Crippen molar-refractivity contribution in [2.75, 3.05) is 0 Å². The molecule has 0 saturated heterocycles. The Bertz CT molecular complexity index is 526. The Morgan fingerprint density at radius 2 is 0.871 bits per heavy atom. The van der Waals surface area contributed by atoms with Gasteiger partial charge in [0.2, 0.25) is 0 Å². The van der Waals surface area contributed by atoms with E-state index in [0.717, 1.165) is 47.3 Å². The first-order valence-electron chi connectivity index (χ1n) is 14.6. The van der Waals surface area contributed by atoms with Crippen molar-refractivity contribution >= 4 is 0 Å². The van der Waals surface area contributed by atoms with Gasteiger partial charge in [-0.05, 0) is 137 Å². The molecular weight excluding hydrogens is 372 g/mol. The fourth-order valence-corrected chi connectivity index (χ4v) is 8.14. The lowest BCUT2D eigenvalue weighted by Crippen LogP contribution is -2.26. The third kappa shape index (κ3) is 6.74. The van der Waals surface area contributed by atoms with E-state index in [0.29, 0.717) is 0 Å². The Hall–Kier alpha value is -0.520. The minimum atomic E-state index is 0.821. The Morgan fingerprint density at radius 1 is 0.516 bits per heavy atom. The molecule has 0 spiro atoms. The Morgan fingerprint density at radius 3 is 1.23 bits per heavy atom. The van der Waals surface area contributed by atoms with Crippen LogP contribution in [0.5, 0.6) is 0 Å². The van der Waals surface area contributed by atoms with Crippen molar-refractivity contribution in [3.8, 4) is 0 Å². The van der Waals surface area contributed by atoms with E-state index in [1.165, 1.54) is 103 Å². The normalized spacial score (nSPS) is 42.5. The molecule has 0 aromatic rings. The van der Waals surface area contributed by atoms with Crippen LogP contribution in [0.3, 0.4) is 0 Å². The molecule has 0 bridgehead atoms. The van der Waals surface area contributed by atoms with Gasteiger partial charge in [-0.1, -0.05) is 50.8 Å². The number of hydrogen-bond donors (Lipinski definition) is 0. The van der Waals surface area contributed by atoms with E-state index in [2.05, 4.69) is 31.7 Å². The molecule has 0 heterocycles. The largest absolute Gasteiger partial charge is 0.103 e. The average Bonchev–Trinajstić information content (AvgIpc) is 2.84. The van der Waals surface area contributed by atoms with Crippen LogP contribution >= 0.6 is 0 Å². The van der Waals surface area contributed by atoms with E-state index < -0.39 is 0 Å². The predicted molar refractivity (Wildman–Crippen MR) is 136 cm³/mol. The summed E-state index contributed by atoms with van der Waals surface area (Å²) >= 11 is 0. The highest BCUT2D eigenvalue weighted by atomic mass is 14.4. The maximum atomic E-state index is 4.02. The summed E-state index contributed by atoms with van der Waals surface area (Å²) in [4.78, 5) is 0. The molecule has 0 heteroatoms. The van der Waals surface area contributed by atoms with Gasteiger partial charge in [-0.25, -0.2) is 0 Å². The molecule has 0 radical (unpaired) electrons. The van der Waals surface area contributed by atoms with E-state index in [1.54, 1.807) is 12.8 Å². The average molecular weight is 425 g/mol. The van der Waals surface area contributed by atoms with Gasteiger partial charge < -0.3 is 0 Å². The van der Waals surface area contributed by atoms with Crippen LogP contribution in [0.1, 0.15) is 122 Å². The molecule has 176 valence electrons. The van der Waals surface area contributed by atoms with Crippen LogP contribution in [0.15, 0.2) is 24.8 Å². The molecule has 4 fully saturated rings. The lowest BCUT2D eigenvalue weighted by atomic mass is 9.68. The first-order chi connectivity index (χ1) is 15.2. The van der Waals surface area contributed by atoms with Gasteiger partial charge >= 0.3 is 0 Å². The van der Waals surface area contributed by atoms with Crippen LogP contribution in [0.4, 0.5) is 0 Å². The van der Waals surface area contributed by atoms with Gasteiger partial charge in [0, 0.05) is 0 Å². The van der Waals surface area contributed by atoms with Crippen molar-refractivity contribution in [1.82, 2.24) is 0 Å². The highest BCUT2D eigenvalue weighted by molar-refractivity contribution is 4.97. The Balaban J connectivity index is 1.12. The second kappa shape index (κ2) is 12.1. The third-order valence-corrected chi connectivity index (χ3v) is 10.4. The molecule has 0 N–H and O–H groups in total. The lowest BCUT2D eigenvalue weighted by molar-refractivity contribution is 0.151. The van der Waals surface area contributed by atoms with Crippen LogP contribution in [0.25, 0.3) is 0 Å². The van der Waals surface area contributed by atoms with E-state index in [9.17, 15) is 0 Å². The molecule has 4 rings (SSSR count). The van der Waals surface area contributed by atoms with E-state index >= 15 is 0 Å². The summed E-state index contributed by atoms with van der Waals surface area (Å²) in [6, 6.07) is 0. The summed E-state index contributed by atoms with van der Waals surface area (Å²) in [6.45, 7) is 6.38. The molecule has 0 nitrogen and oxygen atoms in total. The summed E-state index contributed by atoms with van der Waals surface area (Å²) < 4.78 is 0. The zero-order valence-electron chi connectivity index (χ0n) is 20.8. The van der Waals surface area contributed by atoms with Crippen LogP contribution < -0.4 is 0 Å². The quantitative estimate of drug-likeness (QED) is 0.357. The van der Waals surface area contributed by atoms with Crippen molar-refractivity contribution < 1.29 is 0 Å². The monoisotopic (exact) mass is 424 g/mol. The van der Waals surface area contributed by atoms with Gasteiger partial charge in [0.05, 0.1) is 0 Å². The lowest BCUT2D eigenvalue weighted by Gasteiger charge is -2.38. The molecule has 0 amide bonds. The highest BCUT2D eigenvalue weighted by Crippen LogP contribution is 2.44. The van der Waals surface area contributed by atoms with Crippen molar-refractivity contribution in [2.45, 2.75) is 122 Å². The van der Waals surface area contributed by atoms with Crippen LogP contribution in [-0.4, -0.2) is 0 Å². The van der Waals surface area contributed by atoms with Crippen molar-refractivity contribution in [3.05, 3.63) is 24.8 Å². The highest BCUT2D eigenvalue weighted by Gasteiger charge is 2.31. The maximum Gasteiger partial charge on any atom is -0.0233 e. The predicted octanol–water partition coefficient (Wildman–Crippen LogP) is 9.75. The fourth-order valence-electron chi connectivity index (χ4n) is 8.14. The molecule has 0 aliphatic heterocycles. The van der Waals surface area contributed by atoms with Gasteiger partial charge in [-0.15, -0.1) is 6.58 Å². The molecule has 4 saturated carbocycles. The number of hydrogen-bond acceptors (Lipinski definition) is 0. The van der Waals surface area contributed by atoms with Crippen LogP contribution in [0, 0.1) is 47.3 Å². The topological polar surface area (TPSA) is 0 Å². The molecule has 0 atom stereocenters. The summed E-state index contributed by atoms with van der Waals surface area (Å²) in [5, 5.41) is 0. The van der Waals surface area contributed by atoms with E-state index in [4.69, 9.17) is 0 Å². The number of allylic oxidation sites excluding steroid dienone is 3. The molecule has 4 aliphatic rings. The summed E-state index contributed by atoms with van der Waals surface area (Å²) in [5.74, 6) is 7.91. The van der Waals surface area contributed by atoms with Gasteiger partial charge in [0.25, 0.3) is 0 Å². The first kappa shape index (κ1) is 23.6. The third-order valence-electron chi connectivity index (χ3n) is 10.4. The van der Waals surface area contributed by atoms with Crippen molar-refractivity contribution in [3.63, 3.8) is 0 Å². The second-order valence-electron chi connectivity index (χ2n) is 12.2. The Kier molecular flexibility index (Phi) is 9.21. The summed E-state index contributed by atoms with van der Waals surface area (Å²) in [6.07, 6.45) is 34.4. The van der Waals surface area contributed by atoms with Gasteiger partial charge in [-0.3, -0.25) is 0 Å². The molecule has 0 aromatic carbocycles. The summed E-state index contributed by atoms with van der Waals surface area (Å²) in [5.41, 5.74) is 0. The smallest absolute Gasteiger partial charge is 0.0233 e. The summed E-state index contributed by atoms with van der Waals surface area (Å²) in [7, 11) is 0. The second-order valence-corrected chi connectivity index (χ2v) is 12.2. The fraction of sp³-hybridized carbons (Fsp3) is 0.871. The molecule has 0 aromatic heterocycles. The molecule has 31 heavy (non-hydrogen) atoms. The molecule has 0 unspecified atom stereocenters. The first-order valence-corrected chi connectivity index (χ1v) is 14.6. The number of rotatable bonds is 7. The van der Waals surface area contributed by atoms with Crippen LogP contribution in [-0.2, 0) is 0 Å². The minimum absolute atomic E-state index is 0.821. The minimum Gasteiger partial charge on any atom is -0.103 e. The van der Waals surface area contributed by atoms with E-state index in [-0.39, 0.29) is 0 Å². The molecule has 4 aliphatic carbocycles. The zero-order valence-corrected chi connectivity index (χ0v) is 20.8. The van der Waals surface area contributed by atoms with Crippen molar-refractivity contribution in [2.24, 2.45) is 47.3 Å². The maximum absolute atomic E-state index is 4.02. The Labute approximate surface area is 194 Å². The SMILES string of the molecule is C=CC1CCC(C2CCC(/C=C/C3CCC(C4CCC(CCC)CC4)CC3)CC2)CC1. The zero-order chi connectivity index (χ0) is 21.5. The van der Waals surface area contributed by atoms with Gasteiger partial charge in [0.15, 0.2) is 0 Å². The van der Waals surface area contributed by atoms with Gasteiger partial charge in [-0.2, -0.15) is 0 Å². The molecular formula is C31H52. The van der Waals surface area contributed by atoms with Crippen molar-refractivity contribution in [1.29, 1.82) is 0 Å². The standard InChI is InChI=1S/C31H52/c1-3-5-25-10-18-29(19-11-25)31-22-14-27(15-23-31)7-6-26-12-20-30(21-13-26)28-16-8-24(4-2)9-17-28/h4,6-7,24-31H,2-3,5,8-23H2,1H3/b7-6+.